The lowest BCUT2D eigenvalue weighted by atomic mass is 9.81. The highest BCUT2D eigenvalue weighted by molar-refractivity contribution is 5.83. The molecule has 0 spiro atoms. The van der Waals surface area contributed by atoms with Crippen molar-refractivity contribution >= 4 is 18.1 Å². The maximum absolute atomic E-state index is 12.9. The van der Waals surface area contributed by atoms with Crippen LogP contribution in [0, 0.1) is 11.8 Å². The molecular weight excluding hydrogens is 386 g/mol. The highest BCUT2D eigenvalue weighted by Gasteiger charge is 2.51. The molecule has 0 bridgehead atoms. The van der Waals surface area contributed by atoms with Gasteiger partial charge in [-0.2, -0.15) is 0 Å². The van der Waals surface area contributed by atoms with Crippen LogP contribution in [0.1, 0.15) is 67.2 Å². The van der Waals surface area contributed by atoms with Crippen molar-refractivity contribution in [3.05, 3.63) is 0 Å². The van der Waals surface area contributed by atoms with E-state index in [0.717, 1.165) is 25.7 Å². The number of hydrogen-bond acceptors (Lipinski definition) is 5. The fourth-order valence-electron chi connectivity index (χ4n) is 4.99. The third-order valence-electron chi connectivity index (χ3n) is 6.04. The summed E-state index contributed by atoms with van der Waals surface area (Å²) in [6.45, 7) is 12.9. The zero-order valence-corrected chi connectivity index (χ0v) is 19.2. The Morgan fingerprint density at radius 3 is 1.83 bits per heavy atom. The minimum atomic E-state index is -0.583. The molecule has 0 aromatic heterocycles. The Kier molecular flexibility index (Phi) is 6.25. The van der Waals surface area contributed by atoms with E-state index in [1.165, 1.54) is 0 Å². The van der Waals surface area contributed by atoms with Gasteiger partial charge in [-0.25, -0.2) is 9.59 Å². The van der Waals surface area contributed by atoms with E-state index in [9.17, 15) is 14.4 Å². The number of carbonyl (C=O) groups is 3. The molecule has 8 nitrogen and oxygen atoms in total. The van der Waals surface area contributed by atoms with Gasteiger partial charge in [-0.3, -0.25) is 4.79 Å². The molecule has 3 heterocycles. The second kappa shape index (κ2) is 8.27. The van der Waals surface area contributed by atoms with Crippen LogP contribution >= 0.6 is 0 Å². The molecule has 3 aliphatic heterocycles. The molecule has 0 radical (unpaired) electrons. The Balaban J connectivity index is 1.78. The molecule has 0 aromatic carbocycles. The van der Waals surface area contributed by atoms with Crippen LogP contribution in [0.15, 0.2) is 0 Å². The van der Waals surface area contributed by atoms with Gasteiger partial charge in [0, 0.05) is 37.6 Å². The number of nitrogens with zero attached hydrogens (tertiary/aromatic N) is 2. The minimum Gasteiger partial charge on any atom is -0.444 e. The molecule has 0 aromatic rings. The number of rotatable bonds is 2. The van der Waals surface area contributed by atoms with E-state index in [1.807, 2.05) is 41.5 Å². The molecule has 0 unspecified atom stereocenters. The first-order chi connectivity index (χ1) is 13.9. The molecule has 3 aliphatic rings. The molecule has 8 heteroatoms. The highest BCUT2D eigenvalue weighted by Crippen LogP contribution is 2.39. The Labute approximate surface area is 179 Å². The summed E-state index contributed by atoms with van der Waals surface area (Å²) in [4.78, 5) is 41.9. The maximum Gasteiger partial charge on any atom is 0.410 e. The molecule has 3 rings (SSSR count). The largest absolute Gasteiger partial charge is 0.444 e. The van der Waals surface area contributed by atoms with Crippen molar-refractivity contribution in [2.75, 3.05) is 19.6 Å². The standard InChI is InChI=1S/C22H37N3O5/c1-21(2,3)29-19(27)24-11-7-9-15(24)14-13-23-18(26)17(14)16-10-8-12-25(16)20(28)30-22(4,5)6/h14-17H,7-13H2,1-6H3,(H,23,26)/t14-,15+,16+,17+/m1/s1. The van der Waals surface area contributed by atoms with Gasteiger partial charge in [0.05, 0.1) is 5.92 Å². The zero-order valence-electron chi connectivity index (χ0n) is 19.2. The predicted octanol–water partition coefficient (Wildman–Crippen LogP) is 3.15. The van der Waals surface area contributed by atoms with Gasteiger partial charge >= 0.3 is 12.2 Å². The van der Waals surface area contributed by atoms with Gasteiger partial charge in [0.2, 0.25) is 5.91 Å². The third kappa shape index (κ3) is 5.01. The monoisotopic (exact) mass is 423 g/mol. The van der Waals surface area contributed by atoms with Crippen molar-refractivity contribution in [1.29, 1.82) is 0 Å². The van der Waals surface area contributed by atoms with Crippen molar-refractivity contribution in [1.82, 2.24) is 15.1 Å². The van der Waals surface area contributed by atoms with Crippen molar-refractivity contribution < 1.29 is 23.9 Å². The third-order valence-corrected chi connectivity index (χ3v) is 6.04. The van der Waals surface area contributed by atoms with Crippen LogP contribution < -0.4 is 5.32 Å². The first-order valence-electron chi connectivity index (χ1n) is 11.1. The van der Waals surface area contributed by atoms with Crippen LogP contribution in [-0.4, -0.2) is 70.8 Å². The van der Waals surface area contributed by atoms with Crippen molar-refractivity contribution in [2.45, 2.75) is 90.5 Å². The van der Waals surface area contributed by atoms with E-state index >= 15 is 0 Å². The van der Waals surface area contributed by atoms with Gasteiger partial charge < -0.3 is 24.6 Å². The molecule has 3 saturated heterocycles. The molecule has 30 heavy (non-hydrogen) atoms. The lowest BCUT2D eigenvalue weighted by Crippen LogP contribution is -2.50. The number of nitrogens with one attached hydrogen (secondary N) is 1. The smallest absolute Gasteiger partial charge is 0.410 e. The fraction of sp³-hybridized carbons (Fsp3) is 0.864. The minimum absolute atomic E-state index is 0.0310. The summed E-state index contributed by atoms with van der Waals surface area (Å²) in [7, 11) is 0. The van der Waals surface area contributed by atoms with Crippen LogP contribution in [-0.2, 0) is 14.3 Å². The number of hydrogen-bond donors (Lipinski definition) is 1. The van der Waals surface area contributed by atoms with Crippen LogP contribution in [0.2, 0.25) is 0 Å². The number of carbonyl (C=O) groups excluding carboxylic acids is 3. The second-order valence-electron chi connectivity index (χ2n) is 10.7. The Hall–Kier alpha value is -1.99. The van der Waals surface area contributed by atoms with Crippen LogP contribution in [0.4, 0.5) is 9.59 Å². The van der Waals surface area contributed by atoms with Crippen molar-refractivity contribution in [3.63, 3.8) is 0 Å². The van der Waals surface area contributed by atoms with Gasteiger partial charge in [0.15, 0.2) is 0 Å². The van der Waals surface area contributed by atoms with E-state index in [2.05, 4.69) is 5.32 Å². The first kappa shape index (κ1) is 22.7. The fourth-order valence-corrected chi connectivity index (χ4v) is 4.99. The molecule has 0 saturated carbocycles. The van der Waals surface area contributed by atoms with Gasteiger partial charge in [0.25, 0.3) is 0 Å². The average Bonchev–Trinajstić information content (AvgIpc) is 3.29. The molecule has 3 amide bonds. The summed E-state index contributed by atoms with van der Waals surface area (Å²) in [5.41, 5.74) is -1.15. The summed E-state index contributed by atoms with van der Waals surface area (Å²) < 4.78 is 11.2. The number of ether oxygens (including phenoxy) is 2. The van der Waals surface area contributed by atoms with Gasteiger partial charge in [-0.15, -0.1) is 0 Å². The van der Waals surface area contributed by atoms with E-state index in [-0.39, 0.29) is 42.0 Å². The van der Waals surface area contributed by atoms with E-state index in [1.54, 1.807) is 9.80 Å². The summed E-state index contributed by atoms with van der Waals surface area (Å²) in [5.74, 6) is -0.412. The van der Waals surface area contributed by atoms with Crippen molar-refractivity contribution in [3.8, 4) is 0 Å². The molecule has 4 atom stereocenters. The Bertz CT molecular complexity index is 681. The van der Waals surface area contributed by atoms with Crippen LogP contribution in [0.25, 0.3) is 0 Å². The summed E-state index contributed by atoms with van der Waals surface area (Å²) in [5, 5.41) is 2.99. The molecule has 3 fully saturated rings. The predicted molar refractivity (Wildman–Crippen MR) is 112 cm³/mol. The SMILES string of the molecule is CC(C)(C)OC(=O)N1CCC[C@H]1[C@H]1CNC(=O)[C@@H]1[C@@H]1CCCN1C(=O)OC(C)(C)C. The summed E-state index contributed by atoms with van der Waals surface area (Å²) in [6.07, 6.45) is 2.67. The quantitative estimate of drug-likeness (QED) is 0.737. The van der Waals surface area contributed by atoms with Crippen molar-refractivity contribution in [2.24, 2.45) is 11.8 Å². The Morgan fingerprint density at radius 1 is 0.867 bits per heavy atom. The normalized spacial score (nSPS) is 29.9. The average molecular weight is 424 g/mol. The molecule has 170 valence electrons. The van der Waals surface area contributed by atoms with E-state index < -0.39 is 11.2 Å². The summed E-state index contributed by atoms with van der Waals surface area (Å²) in [6, 6.07) is -0.265. The molecular formula is C22H37N3O5. The van der Waals surface area contributed by atoms with Crippen LogP contribution in [0.3, 0.4) is 0 Å². The summed E-state index contributed by atoms with van der Waals surface area (Å²) >= 11 is 0. The lowest BCUT2D eigenvalue weighted by Gasteiger charge is -2.37. The van der Waals surface area contributed by atoms with Gasteiger partial charge in [-0.05, 0) is 67.2 Å². The number of likely N-dealkylation sites (tertiary alicyclic amines) is 2. The molecule has 1 N–H and O–H groups in total. The first-order valence-corrected chi connectivity index (χ1v) is 11.1. The Morgan fingerprint density at radius 2 is 1.33 bits per heavy atom. The topological polar surface area (TPSA) is 88.2 Å². The highest BCUT2D eigenvalue weighted by atomic mass is 16.6. The lowest BCUT2D eigenvalue weighted by molar-refractivity contribution is -0.125. The number of amides is 3. The van der Waals surface area contributed by atoms with E-state index in [0.29, 0.717) is 19.6 Å². The second-order valence-corrected chi connectivity index (χ2v) is 10.7. The zero-order chi connectivity index (χ0) is 22.3. The van der Waals surface area contributed by atoms with E-state index in [4.69, 9.17) is 9.47 Å². The molecule has 0 aliphatic carbocycles. The van der Waals surface area contributed by atoms with Crippen LogP contribution in [0.5, 0.6) is 0 Å². The van der Waals surface area contributed by atoms with Gasteiger partial charge in [0.1, 0.15) is 11.2 Å². The maximum atomic E-state index is 12.9. The van der Waals surface area contributed by atoms with Gasteiger partial charge in [-0.1, -0.05) is 0 Å².